The highest BCUT2D eigenvalue weighted by Gasteiger charge is 2.22. The molecule has 14 heavy (non-hydrogen) atoms. The SMILES string of the molecule is CCC(C)CN(CC(C)C)C(C)(C)C. The summed E-state index contributed by atoms with van der Waals surface area (Å²) >= 11 is 0. The Hall–Kier alpha value is -0.0400. The van der Waals surface area contributed by atoms with Crippen LogP contribution in [-0.2, 0) is 0 Å². The van der Waals surface area contributed by atoms with Crippen LogP contribution in [0.5, 0.6) is 0 Å². The molecule has 0 aromatic heterocycles. The predicted octanol–water partition coefficient (Wildman–Crippen LogP) is 3.79. The number of nitrogens with zero attached hydrogens (tertiary/aromatic N) is 1. The topological polar surface area (TPSA) is 3.24 Å². The first-order valence-corrected chi connectivity index (χ1v) is 6.02. The molecule has 0 amide bonds. The van der Waals surface area contributed by atoms with Crippen molar-refractivity contribution in [1.82, 2.24) is 4.90 Å². The molecule has 0 saturated carbocycles. The Morgan fingerprint density at radius 1 is 1.00 bits per heavy atom. The Morgan fingerprint density at radius 2 is 1.50 bits per heavy atom. The second-order valence-corrected chi connectivity index (χ2v) is 5.98. The van der Waals surface area contributed by atoms with Crippen molar-refractivity contribution < 1.29 is 0 Å². The zero-order valence-corrected chi connectivity index (χ0v) is 11.2. The molecule has 0 aliphatic rings. The van der Waals surface area contributed by atoms with Gasteiger partial charge in [-0.1, -0.05) is 34.1 Å². The zero-order valence-electron chi connectivity index (χ0n) is 11.2. The van der Waals surface area contributed by atoms with Gasteiger partial charge in [-0.3, -0.25) is 4.90 Å². The summed E-state index contributed by atoms with van der Waals surface area (Å²) in [5.74, 6) is 1.58. The van der Waals surface area contributed by atoms with E-state index >= 15 is 0 Å². The molecule has 1 nitrogen and oxygen atoms in total. The molecule has 0 N–H and O–H groups in total. The van der Waals surface area contributed by atoms with E-state index in [1.54, 1.807) is 0 Å². The third-order valence-corrected chi connectivity index (χ3v) is 2.76. The summed E-state index contributed by atoms with van der Waals surface area (Å²) in [6.45, 7) is 18.6. The minimum Gasteiger partial charge on any atom is -0.298 e. The first kappa shape index (κ1) is 14.0. The van der Waals surface area contributed by atoms with Crippen molar-refractivity contribution in [2.24, 2.45) is 11.8 Å². The Bertz CT molecular complexity index is 144. The molecule has 0 aliphatic carbocycles. The third-order valence-electron chi connectivity index (χ3n) is 2.76. The molecule has 0 spiro atoms. The van der Waals surface area contributed by atoms with Crippen LogP contribution >= 0.6 is 0 Å². The van der Waals surface area contributed by atoms with Crippen molar-refractivity contribution >= 4 is 0 Å². The van der Waals surface area contributed by atoms with Gasteiger partial charge in [-0.2, -0.15) is 0 Å². The van der Waals surface area contributed by atoms with Gasteiger partial charge in [0.2, 0.25) is 0 Å². The van der Waals surface area contributed by atoms with Crippen LogP contribution in [0.3, 0.4) is 0 Å². The molecule has 1 atom stereocenters. The van der Waals surface area contributed by atoms with Crippen LogP contribution in [0.15, 0.2) is 0 Å². The van der Waals surface area contributed by atoms with Crippen LogP contribution < -0.4 is 0 Å². The molecule has 0 radical (unpaired) electrons. The summed E-state index contributed by atoms with van der Waals surface area (Å²) in [6.07, 6.45) is 1.28. The van der Waals surface area contributed by atoms with E-state index in [0.717, 1.165) is 11.8 Å². The van der Waals surface area contributed by atoms with Gasteiger partial charge in [0.05, 0.1) is 0 Å². The molecule has 0 fully saturated rings. The van der Waals surface area contributed by atoms with Gasteiger partial charge in [0.1, 0.15) is 0 Å². The predicted molar refractivity (Wildman–Crippen MR) is 65.6 cm³/mol. The van der Waals surface area contributed by atoms with E-state index in [4.69, 9.17) is 0 Å². The van der Waals surface area contributed by atoms with Crippen LogP contribution in [0.4, 0.5) is 0 Å². The lowest BCUT2D eigenvalue weighted by Gasteiger charge is -2.38. The van der Waals surface area contributed by atoms with E-state index in [2.05, 4.69) is 53.4 Å². The van der Waals surface area contributed by atoms with Crippen molar-refractivity contribution in [3.63, 3.8) is 0 Å². The molecule has 0 aliphatic heterocycles. The summed E-state index contributed by atoms with van der Waals surface area (Å²) in [5.41, 5.74) is 0.313. The molecular weight excluding hydrogens is 170 g/mol. The molecule has 0 aromatic rings. The Balaban J connectivity index is 4.26. The van der Waals surface area contributed by atoms with Gasteiger partial charge in [-0.25, -0.2) is 0 Å². The first-order valence-electron chi connectivity index (χ1n) is 6.02. The minimum absolute atomic E-state index is 0.313. The van der Waals surface area contributed by atoms with Gasteiger partial charge < -0.3 is 0 Å². The van der Waals surface area contributed by atoms with Crippen LogP contribution in [0.25, 0.3) is 0 Å². The van der Waals surface area contributed by atoms with E-state index in [0.29, 0.717) is 5.54 Å². The molecule has 86 valence electrons. The first-order chi connectivity index (χ1) is 6.27. The maximum Gasteiger partial charge on any atom is 0.0125 e. The quantitative estimate of drug-likeness (QED) is 0.651. The fraction of sp³-hybridized carbons (Fsp3) is 1.00. The van der Waals surface area contributed by atoms with Gasteiger partial charge in [0, 0.05) is 18.6 Å². The number of rotatable bonds is 5. The summed E-state index contributed by atoms with van der Waals surface area (Å²) in [5, 5.41) is 0. The van der Waals surface area contributed by atoms with Crippen LogP contribution in [0.1, 0.15) is 54.9 Å². The van der Waals surface area contributed by atoms with E-state index < -0.39 is 0 Å². The molecule has 0 saturated heterocycles. The highest BCUT2D eigenvalue weighted by Crippen LogP contribution is 2.18. The van der Waals surface area contributed by atoms with Gasteiger partial charge in [-0.15, -0.1) is 0 Å². The molecule has 1 heteroatoms. The van der Waals surface area contributed by atoms with E-state index in [-0.39, 0.29) is 0 Å². The zero-order chi connectivity index (χ0) is 11.4. The van der Waals surface area contributed by atoms with E-state index in [1.807, 2.05) is 0 Å². The molecule has 0 heterocycles. The highest BCUT2D eigenvalue weighted by molar-refractivity contribution is 4.78. The van der Waals surface area contributed by atoms with Crippen LogP contribution in [0.2, 0.25) is 0 Å². The second-order valence-electron chi connectivity index (χ2n) is 5.98. The molecular formula is C13H29N. The molecule has 0 rings (SSSR count). The maximum atomic E-state index is 2.62. The Labute approximate surface area is 90.9 Å². The van der Waals surface area contributed by atoms with Gasteiger partial charge in [0.15, 0.2) is 0 Å². The molecule has 0 bridgehead atoms. The van der Waals surface area contributed by atoms with Crippen molar-refractivity contribution in [1.29, 1.82) is 0 Å². The highest BCUT2D eigenvalue weighted by atomic mass is 15.2. The van der Waals surface area contributed by atoms with Crippen molar-refractivity contribution in [3.05, 3.63) is 0 Å². The lowest BCUT2D eigenvalue weighted by Crippen LogP contribution is -2.45. The standard InChI is InChI=1S/C13H29N/c1-8-12(4)10-14(9-11(2)3)13(5,6)7/h11-12H,8-10H2,1-7H3. The smallest absolute Gasteiger partial charge is 0.0125 e. The lowest BCUT2D eigenvalue weighted by molar-refractivity contribution is 0.101. The lowest BCUT2D eigenvalue weighted by atomic mass is 10.00. The second kappa shape index (κ2) is 5.75. The van der Waals surface area contributed by atoms with Gasteiger partial charge >= 0.3 is 0 Å². The van der Waals surface area contributed by atoms with Crippen molar-refractivity contribution in [2.45, 2.75) is 60.4 Å². The normalized spacial score (nSPS) is 15.2. The fourth-order valence-electron chi connectivity index (χ4n) is 1.57. The Kier molecular flexibility index (Phi) is 5.73. The van der Waals surface area contributed by atoms with Gasteiger partial charge in [0.25, 0.3) is 0 Å². The van der Waals surface area contributed by atoms with Crippen molar-refractivity contribution in [3.8, 4) is 0 Å². The summed E-state index contributed by atoms with van der Waals surface area (Å²) in [6, 6.07) is 0. The largest absolute Gasteiger partial charge is 0.298 e. The maximum absolute atomic E-state index is 2.62. The molecule has 1 unspecified atom stereocenters. The molecule has 0 aromatic carbocycles. The van der Waals surface area contributed by atoms with Crippen LogP contribution in [0, 0.1) is 11.8 Å². The summed E-state index contributed by atoms with van der Waals surface area (Å²) < 4.78 is 0. The van der Waals surface area contributed by atoms with Crippen LogP contribution in [-0.4, -0.2) is 23.5 Å². The third kappa shape index (κ3) is 5.64. The average Bonchev–Trinajstić information content (AvgIpc) is 2.00. The fourth-order valence-corrected chi connectivity index (χ4v) is 1.57. The summed E-state index contributed by atoms with van der Waals surface area (Å²) in [4.78, 5) is 2.62. The summed E-state index contributed by atoms with van der Waals surface area (Å²) in [7, 11) is 0. The number of hydrogen-bond donors (Lipinski definition) is 0. The monoisotopic (exact) mass is 199 g/mol. The average molecular weight is 199 g/mol. The van der Waals surface area contributed by atoms with E-state index in [1.165, 1.54) is 19.5 Å². The minimum atomic E-state index is 0.313. The number of hydrogen-bond acceptors (Lipinski definition) is 1. The Morgan fingerprint density at radius 3 is 1.79 bits per heavy atom. The van der Waals surface area contributed by atoms with Crippen molar-refractivity contribution in [2.75, 3.05) is 13.1 Å². The van der Waals surface area contributed by atoms with Gasteiger partial charge in [-0.05, 0) is 32.6 Å². The van der Waals surface area contributed by atoms with E-state index in [9.17, 15) is 0 Å².